The summed E-state index contributed by atoms with van der Waals surface area (Å²) in [7, 11) is 0. The minimum absolute atomic E-state index is 0.606. The summed E-state index contributed by atoms with van der Waals surface area (Å²) in [4.78, 5) is 15.0. The highest BCUT2D eigenvalue weighted by Crippen LogP contribution is 2.40. The smallest absolute Gasteiger partial charge is 0.164 e. The van der Waals surface area contributed by atoms with E-state index in [-0.39, 0.29) is 0 Å². The van der Waals surface area contributed by atoms with E-state index < -0.39 is 0 Å². The highest BCUT2D eigenvalue weighted by Gasteiger charge is 2.16. The zero-order valence-electron chi connectivity index (χ0n) is 27.0. The minimum Gasteiger partial charge on any atom is -0.456 e. The summed E-state index contributed by atoms with van der Waals surface area (Å²) in [5, 5.41) is 7.27. The fourth-order valence-electron chi connectivity index (χ4n) is 7.22. The maximum atomic E-state index is 6.46. The summed E-state index contributed by atoms with van der Waals surface area (Å²) in [5.41, 5.74) is 6.79. The topological polar surface area (TPSA) is 51.8 Å². The molecule has 0 saturated carbocycles. The molecule has 4 heterocycles. The number of hydrogen-bond donors (Lipinski definition) is 0. The Morgan fingerprint density at radius 3 is 1.61 bits per heavy atom. The molecule has 0 radical (unpaired) electrons. The molecule has 6 heteroatoms. The van der Waals surface area contributed by atoms with Gasteiger partial charge in [0.2, 0.25) is 0 Å². The first-order valence-electron chi connectivity index (χ1n) is 16.8. The second-order valence-electron chi connectivity index (χ2n) is 12.8. The Bertz CT molecular complexity index is 3160. The lowest BCUT2D eigenvalue weighted by molar-refractivity contribution is 0.669. The van der Waals surface area contributed by atoms with E-state index >= 15 is 0 Å². The average Bonchev–Trinajstić information content (AvgIpc) is 3.88. The summed E-state index contributed by atoms with van der Waals surface area (Å²) >= 11 is 3.63. The standard InChI is InChI=1S/C45H25N3OS2/c1-2-8-26(9-3-1)43-46-44(48-45(47-43)30-15-19-34-32-10-4-6-12-39(32)51-42(34)25-30)29-14-18-31-35-22-27(16-20-37(35)49-38(31)24-29)28-17-21-41-36(23-28)33-11-5-7-13-40(33)50-41/h1-25H. The summed E-state index contributed by atoms with van der Waals surface area (Å²) in [6, 6.07) is 53.3. The normalized spacial score (nSPS) is 11.9. The van der Waals surface area contributed by atoms with Crippen molar-refractivity contribution in [2.75, 3.05) is 0 Å². The molecule has 0 aliphatic carbocycles. The number of rotatable bonds is 4. The third-order valence-electron chi connectivity index (χ3n) is 9.74. The van der Waals surface area contributed by atoms with E-state index in [1.807, 2.05) is 41.7 Å². The van der Waals surface area contributed by atoms with E-state index in [9.17, 15) is 0 Å². The Morgan fingerprint density at radius 1 is 0.314 bits per heavy atom. The Labute approximate surface area is 299 Å². The van der Waals surface area contributed by atoms with Crippen LogP contribution in [0.4, 0.5) is 0 Å². The molecule has 0 atom stereocenters. The lowest BCUT2D eigenvalue weighted by Gasteiger charge is -2.08. The molecule has 0 spiro atoms. The van der Waals surface area contributed by atoms with Gasteiger partial charge in [-0.3, -0.25) is 0 Å². The van der Waals surface area contributed by atoms with Crippen molar-refractivity contribution in [1.29, 1.82) is 0 Å². The number of aromatic nitrogens is 3. The first-order chi connectivity index (χ1) is 25.2. The maximum absolute atomic E-state index is 6.46. The largest absolute Gasteiger partial charge is 0.456 e. The van der Waals surface area contributed by atoms with Crippen molar-refractivity contribution >= 4 is 85.0 Å². The summed E-state index contributed by atoms with van der Waals surface area (Å²) < 4.78 is 11.6. The molecule has 4 aromatic heterocycles. The Hall–Kier alpha value is -6.21. The zero-order valence-corrected chi connectivity index (χ0v) is 28.6. The number of hydrogen-bond acceptors (Lipinski definition) is 6. The third-order valence-corrected chi connectivity index (χ3v) is 12.0. The number of nitrogens with zero attached hydrogens (tertiary/aromatic N) is 3. The van der Waals surface area contributed by atoms with Gasteiger partial charge in [-0.15, -0.1) is 22.7 Å². The molecule has 0 aliphatic heterocycles. The Morgan fingerprint density at radius 2 is 0.843 bits per heavy atom. The first-order valence-corrected chi connectivity index (χ1v) is 18.5. The van der Waals surface area contributed by atoms with Crippen LogP contribution in [-0.4, -0.2) is 15.0 Å². The predicted molar refractivity (Wildman–Crippen MR) is 215 cm³/mol. The lowest BCUT2D eigenvalue weighted by atomic mass is 10.0. The maximum Gasteiger partial charge on any atom is 0.164 e. The van der Waals surface area contributed by atoms with E-state index in [4.69, 9.17) is 19.4 Å². The van der Waals surface area contributed by atoms with Gasteiger partial charge in [0.15, 0.2) is 17.5 Å². The van der Waals surface area contributed by atoms with Gasteiger partial charge in [-0.1, -0.05) is 97.1 Å². The summed E-state index contributed by atoms with van der Waals surface area (Å²) in [5.74, 6) is 1.88. The quantitative estimate of drug-likeness (QED) is 0.185. The van der Waals surface area contributed by atoms with Crippen molar-refractivity contribution in [2.24, 2.45) is 0 Å². The second kappa shape index (κ2) is 11.2. The van der Waals surface area contributed by atoms with E-state index in [2.05, 4.69) is 121 Å². The van der Waals surface area contributed by atoms with Crippen molar-refractivity contribution in [1.82, 2.24) is 15.0 Å². The number of thiophene rings is 2. The van der Waals surface area contributed by atoms with E-state index in [1.165, 1.54) is 45.9 Å². The highest BCUT2D eigenvalue weighted by atomic mass is 32.1. The molecule has 0 fully saturated rings. The second-order valence-corrected chi connectivity index (χ2v) is 15.0. The lowest BCUT2D eigenvalue weighted by Crippen LogP contribution is -2.00. The number of benzene rings is 7. The molecule has 51 heavy (non-hydrogen) atoms. The summed E-state index contributed by atoms with van der Waals surface area (Å²) in [6.07, 6.45) is 0. The molecule has 4 nitrogen and oxygen atoms in total. The molecular weight excluding hydrogens is 663 g/mol. The van der Waals surface area contributed by atoms with Gasteiger partial charge >= 0.3 is 0 Å². The monoisotopic (exact) mass is 687 g/mol. The van der Waals surface area contributed by atoms with Gasteiger partial charge in [0, 0.05) is 67.8 Å². The van der Waals surface area contributed by atoms with Crippen LogP contribution in [-0.2, 0) is 0 Å². The van der Waals surface area contributed by atoms with Crippen LogP contribution in [0.5, 0.6) is 0 Å². The van der Waals surface area contributed by atoms with Gasteiger partial charge in [-0.25, -0.2) is 15.0 Å². The zero-order chi connectivity index (χ0) is 33.5. The predicted octanol–water partition coefficient (Wildman–Crippen LogP) is 13.2. The van der Waals surface area contributed by atoms with Crippen molar-refractivity contribution in [3.8, 4) is 45.3 Å². The van der Waals surface area contributed by atoms with Crippen molar-refractivity contribution in [2.45, 2.75) is 0 Å². The molecule has 0 amide bonds. The van der Waals surface area contributed by atoms with Crippen LogP contribution in [0.3, 0.4) is 0 Å². The number of fused-ring (bicyclic) bond motifs is 9. The Kier molecular flexibility index (Phi) is 6.26. The van der Waals surface area contributed by atoms with Crippen LogP contribution in [0.1, 0.15) is 0 Å². The molecule has 0 N–H and O–H groups in total. The molecular formula is C45H25N3OS2. The van der Waals surface area contributed by atoms with E-state index in [0.717, 1.165) is 44.2 Å². The van der Waals surface area contributed by atoms with Gasteiger partial charge in [0.25, 0.3) is 0 Å². The van der Waals surface area contributed by atoms with E-state index in [0.29, 0.717) is 17.5 Å². The van der Waals surface area contributed by atoms with Crippen LogP contribution in [0.15, 0.2) is 156 Å². The molecule has 7 aromatic carbocycles. The fourth-order valence-corrected chi connectivity index (χ4v) is 9.45. The van der Waals surface area contributed by atoms with Crippen molar-refractivity contribution in [3.63, 3.8) is 0 Å². The SMILES string of the molecule is c1ccc(-c2nc(-c3ccc4c(c3)oc3ccc(-c5ccc6sc7ccccc7c6c5)cc34)nc(-c3ccc4c(c3)sc3ccccc34)n2)cc1. The third kappa shape index (κ3) is 4.68. The Balaban J connectivity index is 1.02. The van der Waals surface area contributed by atoms with Crippen LogP contribution >= 0.6 is 22.7 Å². The molecule has 0 unspecified atom stereocenters. The highest BCUT2D eigenvalue weighted by molar-refractivity contribution is 7.26. The molecule has 238 valence electrons. The molecule has 11 rings (SSSR count). The van der Waals surface area contributed by atoms with Crippen LogP contribution in [0.2, 0.25) is 0 Å². The molecule has 0 saturated heterocycles. The van der Waals surface area contributed by atoms with Crippen molar-refractivity contribution < 1.29 is 4.42 Å². The van der Waals surface area contributed by atoms with Crippen LogP contribution < -0.4 is 0 Å². The number of furan rings is 1. The fraction of sp³-hybridized carbons (Fsp3) is 0. The molecule has 0 aliphatic rings. The van der Waals surface area contributed by atoms with Gasteiger partial charge in [-0.2, -0.15) is 0 Å². The van der Waals surface area contributed by atoms with Crippen LogP contribution in [0.25, 0.3) is 108 Å². The molecule has 11 aromatic rings. The summed E-state index contributed by atoms with van der Waals surface area (Å²) in [6.45, 7) is 0. The molecule has 0 bridgehead atoms. The van der Waals surface area contributed by atoms with Gasteiger partial charge in [-0.05, 0) is 65.7 Å². The van der Waals surface area contributed by atoms with Gasteiger partial charge < -0.3 is 4.42 Å². The van der Waals surface area contributed by atoms with Gasteiger partial charge in [0.1, 0.15) is 11.2 Å². The van der Waals surface area contributed by atoms with Gasteiger partial charge in [0.05, 0.1) is 0 Å². The minimum atomic E-state index is 0.606. The first kappa shape index (κ1) is 28.6. The van der Waals surface area contributed by atoms with Crippen LogP contribution in [0, 0.1) is 0 Å². The van der Waals surface area contributed by atoms with Crippen molar-refractivity contribution in [3.05, 3.63) is 152 Å². The van der Waals surface area contributed by atoms with E-state index in [1.54, 1.807) is 11.3 Å². The average molecular weight is 688 g/mol.